The zero-order valence-corrected chi connectivity index (χ0v) is 18.4. The Morgan fingerprint density at radius 2 is 1.71 bits per heavy atom. The molecule has 1 aromatic heterocycles. The normalized spacial score (nSPS) is 20.8. The van der Waals surface area contributed by atoms with Crippen LogP contribution in [0.2, 0.25) is 0 Å². The molecule has 0 saturated heterocycles. The summed E-state index contributed by atoms with van der Waals surface area (Å²) in [6.07, 6.45) is -2.97. The first-order valence-electron chi connectivity index (χ1n) is 10.4. The number of anilines is 1. The topological polar surface area (TPSA) is 153 Å². The van der Waals surface area contributed by atoms with Crippen molar-refractivity contribution >= 4 is 34.0 Å². The standard InChI is InChI=1S/C24H19NO8S/c26-14-9-24(32,10-33-23(31)25-15-6-3-7-34-15)8-13-16(14)22(30)18-17(21(13)29)19(27)11-4-1-2-5-12(11)20(18)28/h1-7,14,26,29-30,32H,8-10H2,(H,25,31)/t14-,24?/m0/s1. The average molecular weight is 481 g/mol. The summed E-state index contributed by atoms with van der Waals surface area (Å²) in [4.78, 5) is 38.2. The summed E-state index contributed by atoms with van der Waals surface area (Å²) in [5, 5.41) is 48.5. The van der Waals surface area contributed by atoms with Gasteiger partial charge in [0.15, 0.2) is 11.6 Å². The van der Waals surface area contributed by atoms with Gasteiger partial charge >= 0.3 is 6.09 Å². The van der Waals surface area contributed by atoms with E-state index in [0.29, 0.717) is 5.00 Å². The highest BCUT2D eigenvalue weighted by Crippen LogP contribution is 2.50. The highest BCUT2D eigenvalue weighted by molar-refractivity contribution is 7.14. The third-order valence-electron chi connectivity index (χ3n) is 6.09. The molecule has 174 valence electrons. The Morgan fingerprint density at radius 1 is 1.06 bits per heavy atom. The van der Waals surface area contributed by atoms with Gasteiger partial charge in [-0.05, 0) is 17.5 Å². The van der Waals surface area contributed by atoms with Crippen LogP contribution in [0.5, 0.6) is 11.5 Å². The van der Waals surface area contributed by atoms with E-state index in [1.165, 1.54) is 23.5 Å². The van der Waals surface area contributed by atoms with E-state index in [2.05, 4.69) is 5.32 Å². The van der Waals surface area contributed by atoms with Crippen molar-refractivity contribution in [2.24, 2.45) is 0 Å². The number of carbonyl (C=O) groups excluding carboxylic acids is 3. The molecule has 5 rings (SSSR count). The third kappa shape index (κ3) is 3.43. The first-order valence-corrected chi connectivity index (χ1v) is 11.2. The molecule has 0 spiro atoms. The van der Waals surface area contributed by atoms with E-state index in [1.807, 2.05) is 0 Å². The van der Waals surface area contributed by atoms with E-state index in [0.717, 1.165) is 0 Å². The monoisotopic (exact) mass is 481 g/mol. The summed E-state index contributed by atoms with van der Waals surface area (Å²) in [6.45, 7) is -0.520. The van der Waals surface area contributed by atoms with Gasteiger partial charge < -0.3 is 25.2 Å². The molecule has 0 aliphatic heterocycles. The van der Waals surface area contributed by atoms with Gasteiger partial charge in [-0.25, -0.2) is 4.79 Å². The van der Waals surface area contributed by atoms with Crippen molar-refractivity contribution in [3.63, 3.8) is 0 Å². The van der Waals surface area contributed by atoms with E-state index in [4.69, 9.17) is 4.74 Å². The van der Waals surface area contributed by atoms with Crippen LogP contribution in [-0.2, 0) is 11.2 Å². The zero-order valence-electron chi connectivity index (χ0n) is 17.6. The minimum absolute atomic E-state index is 0.0786. The van der Waals surface area contributed by atoms with Gasteiger partial charge in [0.25, 0.3) is 0 Å². The van der Waals surface area contributed by atoms with Crippen LogP contribution in [0, 0.1) is 0 Å². The molecule has 0 saturated carbocycles. The van der Waals surface area contributed by atoms with Crippen LogP contribution in [0.4, 0.5) is 9.80 Å². The SMILES string of the molecule is O=C(Nc1cccs1)OCC1(O)Cc2c(O)c3c(c(O)c2[C@@H](O)C1)C(=O)c1ccccc1C3=O. The number of carbonyl (C=O) groups is 3. The molecule has 10 heteroatoms. The van der Waals surface area contributed by atoms with Gasteiger partial charge in [0, 0.05) is 35.1 Å². The van der Waals surface area contributed by atoms with E-state index in [1.54, 1.807) is 29.6 Å². The highest BCUT2D eigenvalue weighted by atomic mass is 32.1. The van der Waals surface area contributed by atoms with Crippen molar-refractivity contribution < 1.29 is 39.5 Å². The van der Waals surface area contributed by atoms with Crippen molar-refractivity contribution in [3.8, 4) is 11.5 Å². The summed E-state index contributed by atoms with van der Waals surface area (Å²) in [6, 6.07) is 9.45. The van der Waals surface area contributed by atoms with Crippen LogP contribution in [0.15, 0.2) is 41.8 Å². The highest BCUT2D eigenvalue weighted by Gasteiger charge is 2.45. The number of aliphatic hydroxyl groups excluding tert-OH is 1. The number of nitrogens with one attached hydrogen (secondary N) is 1. The molecule has 2 aliphatic rings. The van der Waals surface area contributed by atoms with E-state index < -0.39 is 47.5 Å². The Kier molecular flexibility index (Phi) is 5.16. The molecule has 1 unspecified atom stereocenters. The molecular formula is C24H19NO8S. The average Bonchev–Trinajstić information content (AvgIpc) is 3.31. The van der Waals surface area contributed by atoms with E-state index in [9.17, 15) is 34.8 Å². The molecule has 2 atom stereocenters. The first-order chi connectivity index (χ1) is 16.2. The Hall–Kier alpha value is -3.73. The number of rotatable bonds is 3. The molecule has 0 fully saturated rings. The predicted octanol–water partition coefficient (Wildman–Crippen LogP) is 2.89. The Bertz CT molecular complexity index is 1350. The maximum atomic E-state index is 13.1. The minimum atomic E-state index is -1.79. The maximum absolute atomic E-state index is 13.1. The number of fused-ring (bicyclic) bond motifs is 3. The largest absolute Gasteiger partial charge is 0.507 e. The number of aromatic hydroxyl groups is 2. The fourth-order valence-electron chi connectivity index (χ4n) is 4.58. The zero-order chi connectivity index (χ0) is 24.2. The molecular weight excluding hydrogens is 462 g/mol. The van der Waals surface area contributed by atoms with E-state index >= 15 is 0 Å². The Labute approximate surface area is 196 Å². The lowest BCUT2D eigenvalue weighted by molar-refractivity contribution is -0.0612. The van der Waals surface area contributed by atoms with Crippen molar-refractivity contribution in [3.05, 3.63) is 75.2 Å². The molecule has 0 radical (unpaired) electrons. The second kappa shape index (κ2) is 7.94. The molecule has 5 N–H and O–H groups in total. The lowest BCUT2D eigenvalue weighted by Gasteiger charge is -2.37. The molecule has 9 nitrogen and oxygen atoms in total. The quantitative estimate of drug-likeness (QED) is 0.280. The second-order valence-electron chi connectivity index (χ2n) is 8.34. The van der Waals surface area contributed by atoms with Gasteiger partial charge in [0.2, 0.25) is 0 Å². The van der Waals surface area contributed by atoms with Gasteiger partial charge in [-0.1, -0.05) is 24.3 Å². The number of thiophene rings is 1. The Balaban J connectivity index is 1.49. The molecule has 2 aliphatic carbocycles. The lowest BCUT2D eigenvalue weighted by Crippen LogP contribution is -2.43. The number of amides is 1. The molecule has 1 amide bonds. The fraction of sp³-hybridized carbons (Fsp3) is 0.208. The number of aliphatic hydroxyl groups is 2. The molecule has 3 aromatic rings. The predicted molar refractivity (Wildman–Crippen MR) is 121 cm³/mol. The number of phenolic OH excluding ortho intramolecular Hbond substituents is 2. The number of hydrogen-bond donors (Lipinski definition) is 5. The number of hydrogen-bond acceptors (Lipinski definition) is 9. The number of phenols is 2. The number of ether oxygens (including phenoxy) is 1. The summed E-state index contributed by atoms with van der Waals surface area (Å²) in [5.74, 6) is -2.52. The fourth-order valence-corrected chi connectivity index (χ4v) is 5.18. The van der Waals surface area contributed by atoms with Crippen LogP contribution in [0.3, 0.4) is 0 Å². The van der Waals surface area contributed by atoms with Crippen molar-refractivity contribution in [1.82, 2.24) is 0 Å². The third-order valence-corrected chi connectivity index (χ3v) is 6.88. The van der Waals surface area contributed by atoms with Gasteiger partial charge in [-0.3, -0.25) is 14.9 Å². The summed E-state index contributed by atoms with van der Waals surface area (Å²) in [7, 11) is 0. The van der Waals surface area contributed by atoms with Crippen molar-refractivity contribution in [2.45, 2.75) is 24.5 Å². The Morgan fingerprint density at radius 3 is 2.32 bits per heavy atom. The smallest absolute Gasteiger partial charge is 0.412 e. The van der Waals surface area contributed by atoms with Gasteiger partial charge in [-0.2, -0.15) is 0 Å². The molecule has 34 heavy (non-hydrogen) atoms. The molecule has 0 bridgehead atoms. The summed E-state index contributed by atoms with van der Waals surface area (Å²) < 4.78 is 5.12. The van der Waals surface area contributed by atoms with Crippen molar-refractivity contribution in [1.29, 1.82) is 0 Å². The molecule has 2 aromatic carbocycles. The van der Waals surface area contributed by atoms with Crippen LogP contribution < -0.4 is 5.32 Å². The van der Waals surface area contributed by atoms with Crippen LogP contribution >= 0.6 is 11.3 Å². The molecule has 1 heterocycles. The van der Waals surface area contributed by atoms with E-state index in [-0.39, 0.29) is 46.2 Å². The minimum Gasteiger partial charge on any atom is -0.507 e. The summed E-state index contributed by atoms with van der Waals surface area (Å²) >= 11 is 1.28. The first kappa shape index (κ1) is 22.1. The summed E-state index contributed by atoms with van der Waals surface area (Å²) in [5.41, 5.74) is -2.61. The van der Waals surface area contributed by atoms with Crippen molar-refractivity contribution in [2.75, 3.05) is 11.9 Å². The second-order valence-corrected chi connectivity index (χ2v) is 9.29. The maximum Gasteiger partial charge on any atom is 0.412 e. The van der Waals surface area contributed by atoms with Crippen LogP contribution in [-0.4, -0.2) is 50.3 Å². The number of ketones is 2. The number of benzene rings is 2. The van der Waals surface area contributed by atoms with Gasteiger partial charge in [0.1, 0.15) is 23.7 Å². The van der Waals surface area contributed by atoms with Gasteiger partial charge in [-0.15, -0.1) is 11.3 Å². The lowest BCUT2D eigenvalue weighted by atomic mass is 9.73. The van der Waals surface area contributed by atoms with Gasteiger partial charge in [0.05, 0.1) is 22.2 Å². The van der Waals surface area contributed by atoms with Crippen LogP contribution in [0.1, 0.15) is 55.5 Å². The van der Waals surface area contributed by atoms with Crippen LogP contribution in [0.25, 0.3) is 0 Å².